The van der Waals surface area contributed by atoms with Crippen LogP contribution in [-0.2, 0) is 9.53 Å². The van der Waals surface area contributed by atoms with Crippen molar-refractivity contribution >= 4 is 5.97 Å². The van der Waals surface area contributed by atoms with E-state index in [1.165, 1.54) is 32.8 Å². The second kappa shape index (κ2) is 4.52. The third kappa shape index (κ3) is 1.89. The molecule has 0 aromatic heterocycles. The average Bonchev–Trinajstić information content (AvgIpc) is 2.79. The highest BCUT2D eigenvalue weighted by atomic mass is 16.5. The molecule has 1 aliphatic heterocycles. The van der Waals surface area contributed by atoms with Gasteiger partial charge < -0.3 is 10.1 Å². The van der Waals surface area contributed by atoms with E-state index in [2.05, 4.69) is 5.32 Å². The molecule has 0 amide bonds. The number of rotatable bonds is 2. The highest BCUT2D eigenvalue weighted by Crippen LogP contribution is 2.47. The number of nitrogens with one attached hydrogen (secondary N) is 1. The Labute approximate surface area is 91.6 Å². The third-order valence-corrected chi connectivity index (χ3v) is 4.17. The molecule has 0 radical (unpaired) electrons. The maximum atomic E-state index is 12.0. The molecule has 0 aromatic carbocycles. The maximum absolute atomic E-state index is 12.0. The van der Waals surface area contributed by atoms with Crippen LogP contribution < -0.4 is 5.32 Å². The second-order valence-electron chi connectivity index (χ2n) is 4.90. The van der Waals surface area contributed by atoms with Crippen molar-refractivity contribution in [1.82, 2.24) is 5.32 Å². The Balaban J connectivity index is 2.13. The minimum atomic E-state index is -0.151. The lowest BCUT2D eigenvalue weighted by Gasteiger charge is -2.37. The standard InChI is InChI=1S/C12H21NO2/c1-15-11(14)12(6-2-3-7-12)10-5-4-8-13-9-10/h10,13H,2-9H2,1H3. The highest BCUT2D eigenvalue weighted by Gasteiger charge is 2.48. The summed E-state index contributed by atoms with van der Waals surface area (Å²) in [6, 6.07) is 0. The van der Waals surface area contributed by atoms with Crippen LogP contribution in [0.2, 0.25) is 0 Å². The molecule has 1 aliphatic carbocycles. The minimum absolute atomic E-state index is 0.0358. The molecule has 1 heterocycles. The van der Waals surface area contributed by atoms with E-state index in [4.69, 9.17) is 4.74 Å². The molecule has 0 aromatic rings. The topological polar surface area (TPSA) is 38.3 Å². The van der Waals surface area contributed by atoms with Crippen molar-refractivity contribution < 1.29 is 9.53 Å². The quantitative estimate of drug-likeness (QED) is 0.707. The molecule has 1 saturated heterocycles. The first-order chi connectivity index (χ1) is 7.29. The Kier molecular flexibility index (Phi) is 3.29. The van der Waals surface area contributed by atoms with Crippen molar-refractivity contribution in [2.75, 3.05) is 20.2 Å². The van der Waals surface area contributed by atoms with Crippen molar-refractivity contribution in [1.29, 1.82) is 0 Å². The van der Waals surface area contributed by atoms with Crippen LogP contribution in [-0.4, -0.2) is 26.2 Å². The van der Waals surface area contributed by atoms with Gasteiger partial charge in [0.25, 0.3) is 0 Å². The lowest BCUT2D eigenvalue weighted by atomic mass is 9.71. The fraction of sp³-hybridized carbons (Fsp3) is 0.917. The van der Waals surface area contributed by atoms with E-state index in [0.29, 0.717) is 5.92 Å². The van der Waals surface area contributed by atoms with Crippen LogP contribution in [0.15, 0.2) is 0 Å². The van der Waals surface area contributed by atoms with E-state index in [1.54, 1.807) is 0 Å². The first-order valence-electron chi connectivity index (χ1n) is 6.09. The van der Waals surface area contributed by atoms with Crippen LogP contribution in [0.3, 0.4) is 0 Å². The molecule has 3 heteroatoms. The van der Waals surface area contributed by atoms with Crippen LogP contribution in [0.1, 0.15) is 38.5 Å². The number of carbonyl (C=O) groups excluding carboxylic acids is 1. The summed E-state index contributed by atoms with van der Waals surface area (Å²) >= 11 is 0. The SMILES string of the molecule is COC(=O)C1(C2CCCNC2)CCCC1. The first kappa shape index (κ1) is 10.9. The molecule has 3 nitrogen and oxygen atoms in total. The van der Waals surface area contributed by atoms with E-state index >= 15 is 0 Å². The number of hydrogen-bond donors (Lipinski definition) is 1. The summed E-state index contributed by atoms with van der Waals surface area (Å²) in [4.78, 5) is 12.0. The van der Waals surface area contributed by atoms with E-state index in [9.17, 15) is 4.79 Å². The van der Waals surface area contributed by atoms with Crippen LogP contribution >= 0.6 is 0 Å². The maximum Gasteiger partial charge on any atom is 0.312 e. The largest absolute Gasteiger partial charge is 0.469 e. The van der Waals surface area contributed by atoms with Crippen molar-refractivity contribution in [3.63, 3.8) is 0 Å². The monoisotopic (exact) mass is 211 g/mol. The zero-order valence-electron chi connectivity index (χ0n) is 9.55. The van der Waals surface area contributed by atoms with Crippen LogP contribution in [0.25, 0.3) is 0 Å². The minimum Gasteiger partial charge on any atom is -0.469 e. The van der Waals surface area contributed by atoms with Gasteiger partial charge >= 0.3 is 5.97 Å². The normalized spacial score (nSPS) is 30.1. The molecule has 2 fully saturated rings. The lowest BCUT2D eigenvalue weighted by molar-refractivity contribution is -0.156. The number of esters is 1. The smallest absolute Gasteiger partial charge is 0.312 e. The highest BCUT2D eigenvalue weighted by molar-refractivity contribution is 5.77. The molecule has 15 heavy (non-hydrogen) atoms. The predicted octanol–water partition coefficient (Wildman–Crippen LogP) is 1.72. The zero-order chi connectivity index (χ0) is 10.7. The van der Waals surface area contributed by atoms with Gasteiger partial charge in [0.05, 0.1) is 12.5 Å². The molecule has 0 spiro atoms. The van der Waals surface area contributed by atoms with Gasteiger partial charge in [-0.15, -0.1) is 0 Å². The van der Waals surface area contributed by atoms with Gasteiger partial charge in [-0.1, -0.05) is 12.8 Å². The Morgan fingerprint density at radius 3 is 2.60 bits per heavy atom. The Morgan fingerprint density at radius 1 is 1.33 bits per heavy atom. The number of piperidine rings is 1. The van der Waals surface area contributed by atoms with Gasteiger partial charge in [0.1, 0.15) is 0 Å². The molecular weight excluding hydrogens is 190 g/mol. The summed E-state index contributed by atoms with van der Waals surface area (Å²) in [6.07, 6.45) is 6.82. The fourth-order valence-corrected chi connectivity index (χ4v) is 3.31. The summed E-state index contributed by atoms with van der Waals surface area (Å²) in [5.41, 5.74) is -0.151. The summed E-state index contributed by atoms with van der Waals surface area (Å²) in [7, 11) is 1.53. The van der Waals surface area contributed by atoms with E-state index in [0.717, 1.165) is 25.9 Å². The number of ether oxygens (including phenoxy) is 1. The Bertz CT molecular complexity index is 228. The van der Waals surface area contributed by atoms with E-state index in [1.807, 2.05) is 0 Å². The number of carbonyl (C=O) groups is 1. The van der Waals surface area contributed by atoms with Gasteiger partial charge in [-0.2, -0.15) is 0 Å². The van der Waals surface area contributed by atoms with Gasteiger partial charge in [-0.3, -0.25) is 4.79 Å². The first-order valence-corrected chi connectivity index (χ1v) is 6.09. The van der Waals surface area contributed by atoms with Gasteiger partial charge in [0.15, 0.2) is 0 Å². The number of hydrogen-bond acceptors (Lipinski definition) is 3. The van der Waals surface area contributed by atoms with Crippen molar-refractivity contribution in [2.24, 2.45) is 11.3 Å². The van der Waals surface area contributed by atoms with Crippen molar-refractivity contribution in [3.05, 3.63) is 0 Å². The molecule has 2 aliphatic rings. The summed E-state index contributed by atoms with van der Waals surface area (Å²) in [5.74, 6) is 0.537. The summed E-state index contributed by atoms with van der Waals surface area (Å²) < 4.78 is 5.02. The molecule has 0 bridgehead atoms. The zero-order valence-corrected chi connectivity index (χ0v) is 9.55. The van der Waals surface area contributed by atoms with Crippen LogP contribution in [0, 0.1) is 11.3 Å². The van der Waals surface area contributed by atoms with E-state index < -0.39 is 0 Å². The van der Waals surface area contributed by atoms with Gasteiger partial charge in [-0.05, 0) is 44.7 Å². The molecule has 2 rings (SSSR count). The van der Waals surface area contributed by atoms with Crippen LogP contribution in [0.5, 0.6) is 0 Å². The van der Waals surface area contributed by atoms with Gasteiger partial charge in [-0.25, -0.2) is 0 Å². The molecule has 1 atom stereocenters. The molecule has 86 valence electrons. The lowest BCUT2D eigenvalue weighted by Crippen LogP contribution is -2.45. The molecule has 1 unspecified atom stereocenters. The Hall–Kier alpha value is -0.570. The Morgan fingerprint density at radius 2 is 2.07 bits per heavy atom. The summed E-state index contributed by atoms with van der Waals surface area (Å²) in [5, 5.41) is 3.41. The van der Waals surface area contributed by atoms with Crippen LogP contribution in [0.4, 0.5) is 0 Å². The van der Waals surface area contributed by atoms with E-state index in [-0.39, 0.29) is 11.4 Å². The third-order valence-electron chi connectivity index (χ3n) is 4.17. The predicted molar refractivity (Wildman–Crippen MR) is 58.5 cm³/mol. The van der Waals surface area contributed by atoms with Gasteiger partial charge in [0, 0.05) is 0 Å². The fourth-order valence-electron chi connectivity index (χ4n) is 3.31. The number of methoxy groups -OCH3 is 1. The molecule has 1 N–H and O–H groups in total. The van der Waals surface area contributed by atoms with Gasteiger partial charge in [0.2, 0.25) is 0 Å². The second-order valence-corrected chi connectivity index (χ2v) is 4.90. The average molecular weight is 211 g/mol. The van der Waals surface area contributed by atoms with Crippen molar-refractivity contribution in [3.8, 4) is 0 Å². The molecular formula is C12H21NO2. The van der Waals surface area contributed by atoms with Crippen molar-refractivity contribution in [2.45, 2.75) is 38.5 Å². The molecule has 1 saturated carbocycles. The summed E-state index contributed by atoms with van der Waals surface area (Å²) in [6.45, 7) is 2.10.